The van der Waals surface area contributed by atoms with Crippen molar-refractivity contribution in [1.82, 2.24) is 5.43 Å². The second-order valence-electron chi connectivity index (χ2n) is 4.86. The number of benzene rings is 2. The third-order valence-corrected chi connectivity index (χ3v) is 3.21. The van der Waals surface area contributed by atoms with Crippen molar-refractivity contribution in [3.63, 3.8) is 0 Å². The summed E-state index contributed by atoms with van der Waals surface area (Å²) in [5.74, 6) is -0.236. The molecule has 0 aliphatic heterocycles. The largest absolute Gasteiger partial charge is 0.435 e. The number of alkyl halides is 2. The highest BCUT2D eigenvalue weighted by molar-refractivity contribution is 6.01. The molecule has 23 heavy (non-hydrogen) atoms. The van der Waals surface area contributed by atoms with Gasteiger partial charge in [-0.2, -0.15) is 13.9 Å². The van der Waals surface area contributed by atoms with Crippen molar-refractivity contribution in [3.05, 3.63) is 65.2 Å². The number of hydrogen-bond donors (Lipinski definition) is 1. The molecule has 0 atom stereocenters. The Morgan fingerprint density at radius 2 is 1.78 bits per heavy atom. The van der Waals surface area contributed by atoms with Crippen molar-refractivity contribution >= 4 is 11.6 Å². The Balaban J connectivity index is 2.05. The fraction of sp³-hybridized carbons (Fsp3) is 0.176. The summed E-state index contributed by atoms with van der Waals surface area (Å²) in [6.45, 7) is 0.693. The van der Waals surface area contributed by atoms with Crippen LogP contribution in [0.4, 0.5) is 8.78 Å². The van der Waals surface area contributed by atoms with Gasteiger partial charge in [-0.3, -0.25) is 4.79 Å². The van der Waals surface area contributed by atoms with Crippen LogP contribution in [0.15, 0.2) is 53.6 Å². The number of ether oxygens (including phenoxy) is 1. The summed E-state index contributed by atoms with van der Waals surface area (Å²) in [5.41, 5.74) is 5.12. The van der Waals surface area contributed by atoms with Gasteiger partial charge in [-0.25, -0.2) is 5.43 Å². The van der Waals surface area contributed by atoms with E-state index in [1.165, 1.54) is 12.1 Å². The molecule has 0 aliphatic rings. The maximum atomic E-state index is 12.1. The zero-order valence-electron chi connectivity index (χ0n) is 12.7. The lowest BCUT2D eigenvalue weighted by atomic mass is 10.1. The highest BCUT2D eigenvalue weighted by atomic mass is 19.3. The van der Waals surface area contributed by atoms with E-state index < -0.39 is 6.61 Å². The van der Waals surface area contributed by atoms with Gasteiger partial charge in [0.05, 0.1) is 5.71 Å². The summed E-state index contributed by atoms with van der Waals surface area (Å²) >= 11 is 0. The standard InChI is InChI=1S/C17H16F2N2O2/c1-11-5-3-4-6-15(11)16(22)21-20-12(2)13-7-9-14(10-8-13)23-17(18)19/h3-10,17H,1-2H3,(H,21,22)/b20-12-. The average molecular weight is 318 g/mol. The molecule has 0 aromatic heterocycles. The van der Waals surface area contributed by atoms with Crippen molar-refractivity contribution in [2.45, 2.75) is 20.5 Å². The first-order valence-corrected chi connectivity index (χ1v) is 6.93. The van der Waals surface area contributed by atoms with E-state index in [0.29, 0.717) is 16.8 Å². The number of hydrogen-bond acceptors (Lipinski definition) is 3. The lowest BCUT2D eigenvalue weighted by molar-refractivity contribution is -0.0498. The van der Waals surface area contributed by atoms with E-state index in [4.69, 9.17) is 0 Å². The second-order valence-corrected chi connectivity index (χ2v) is 4.86. The molecule has 1 N–H and O–H groups in total. The van der Waals surface area contributed by atoms with Crippen LogP contribution < -0.4 is 10.2 Å². The summed E-state index contributed by atoms with van der Waals surface area (Å²) in [7, 11) is 0. The monoisotopic (exact) mass is 318 g/mol. The third kappa shape index (κ3) is 4.60. The number of nitrogens with zero attached hydrogens (tertiary/aromatic N) is 1. The Bertz CT molecular complexity index is 713. The molecular weight excluding hydrogens is 302 g/mol. The Morgan fingerprint density at radius 1 is 1.13 bits per heavy atom. The summed E-state index contributed by atoms with van der Waals surface area (Å²) in [6.07, 6.45) is 0. The van der Waals surface area contributed by atoms with Gasteiger partial charge in [0.1, 0.15) is 5.75 Å². The van der Waals surface area contributed by atoms with Gasteiger partial charge in [0.15, 0.2) is 0 Å². The molecule has 0 saturated heterocycles. The molecule has 1 amide bonds. The molecule has 0 unspecified atom stereocenters. The van der Waals surface area contributed by atoms with Gasteiger partial charge >= 0.3 is 6.61 Å². The van der Waals surface area contributed by atoms with Crippen molar-refractivity contribution in [3.8, 4) is 5.75 Å². The van der Waals surface area contributed by atoms with Crippen LogP contribution >= 0.6 is 0 Å². The zero-order chi connectivity index (χ0) is 16.8. The molecule has 0 spiro atoms. The second kappa shape index (κ2) is 7.49. The maximum Gasteiger partial charge on any atom is 0.387 e. The molecule has 2 aromatic carbocycles. The van der Waals surface area contributed by atoms with Gasteiger partial charge < -0.3 is 4.74 Å². The predicted molar refractivity (Wildman–Crippen MR) is 83.9 cm³/mol. The van der Waals surface area contributed by atoms with Crippen molar-refractivity contribution in [2.75, 3.05) is 0 Å². The Labute approximate surface area is 132 Å². The van der Waals surface area contributed by atoms with Gasteiger partial charge in [0.25, 0.3) is 5.91 Å². The van der Waals surface area contributed by atoms with Crippen molar-refractivity contribution in [1.29, 1.82) is 0 Å². The molecule has 0 heterocycles. The number of carbonyl (C=O) groups is 1. The van der Waals surface area contributed by atoms with Gasteiger partial charge in [0.2, 0.25) is 0 Å². The fourth-order valence-electron chi connectivity index (χ4n) is 1.96. The maximum absolute atomic E-state index is 12.1. The number of nitrogens with one attached hydrogen (secondary N) is 1. The molecule has 0 aliphatic carbocycles. The number of hydrazone groups is 1. The van der Waals surface area contributed by atoms with Crippen LogP contribution in [-0.2, 0) is 0 Å². The van der Waals surface area contributed by atoms with E-state index in [1.807, 2.05) is 19.1 Å². The minimum Gasteiger partial charge on any atom is -0.435 e. The molecule has 0 saturated carbocycles. The number of rotatable bonds is 5. The molecule has 0 fully saturated rings. The van der Waals surface area contributed by atoms with Crippen LogP contribution in [0.2, 0.25) is 0 Å². The number of aryl methyl sites for hydroxylation is 1. The van der Waals surface area contributed by atoms with Crippen molar-refractivity contribution < 1.29 is 18.3 Å². The number of carbonyl (C=O) groups excluding carboxylic acids is 1. The molecule has 2 rings (SSSR count). The van der Waals surface area contributed by atoms with Crippen LogP contribution in [-0.4, -0.2) is 18.2 Å². The lowest BCUT2D eigenvalue weighted by Gasteiger charge is -2.07. The first-order chi connectivity index (χ1) is 11.0. The molecule has 0 bridgehead atoms. The number of halogens is 2. The van der Waals surface area contributed by atoms with E-state index in [1.54, 1.807) is 31.2 Å². The first kappa shape index (κ1) is 16.6. The molecule has 4 nitrogen and oxygen atoms in total. The molecule has 2 aromatic rings. The molecule has 6 heteroatoms. The third-order valence-electron chi connectivity index (χ3n) is 3.21. The van der Waals surface area contributed by atoms with Crippen LogP contribution in [0.3, 0.4) is 0 Å². The lowest BCUT2D eigenvalue weighted by Crippen LogP contribution is -2.20. The number of amides is 1. The Kier molecular flexibility index (Phi) is 5.41. The summed E-state index contributed by atoms with van der Waals surface area (Å²) in [4.78, 5) is 12.1. The van der Waals surface area contributed by atoms with Crippen LogP contribution in [0, 0.1) is 6.92 Å². The first-order valence-electron chi connectivity index (χ1n) is 6.93. The van der Waals surface area contributed by atoms with Crippen LogP contribution in [0.5, 0.6) is 5.75 Å². The van der Waals surface area contributed by atoms with Gasteiger partial charge in [0, 0.05) is 5.56 Å². The van der Waals surface area contributed by atoms with E-state index in [-0.39, 0.29) is 11.7 Å². The SMILES string of the molecule is C/C(=N/NC(=O)c1ccccc1C)c1ccc(OC(F)F)cc1. The van der Waals surface area contributed by atoms with E-state index >= 15 is 0 Å². The molecular formula is C17H16F2N2O2. The topological polar surface area (TPSA) is 50.7 Å². The van der Waals surface area contributed by atoms with Crippen LogP contribution in [0.25, 0.3) is 0 Å². The van der Waals surface area contributed by atoms with Gasteiger partial charge in [-0.15, -0.1) is 0 Å². The molecule has 0 radical (unpaired) electrons. The summed E-state index contributed by atoms with van der Waals surface area (Å²) in [6, 6.07) is 13.2. The van der Waals surface area contributed by atoms with Gasteiger partial charge in [-0.05, 0) is 55.3 Å². The quantitative estimate of drug-likeness (QED) is 0.674. The minimum absolute atomic E-state index is 0.0699. The summed E-state index contributed by atoms with van der Waals surface area (Å²) < 4.78 is 28.5. The Hall–Kier alpha value is -2.76. The van der Waals surface area contributed by atoms with E-state index in [9.17, 15) is 13.6 Å². The minimum atomic E-state index is -2.86. The molecule has 120 valence electrons. The van der Waals surface area contributed by atoms with Gasteiger partial charge in [-0.1, -0.05) is 18.2 Å². The smallest absolute Gasteiger partial charge is 0.387 e. The van der Waals surface area contributed by atoms with E-state index in [2.05, 4.69) is 15.3 Å². The van der Waals surface area contributed by atoms with Crippen molar-refractivity contribution in [2.24, 2.45) is 5.10 Å². The highest BCUT2D eigenvalue weighted by Gasteiger charge is 2.08. The zero-order valence-corrected chi connectivity index (χ0v) is 12.7. The normalized spacial score (nSPS) is 11.4. The van der Waals surface area contributed by atoms with Crippen LogP contribution in [0.1, 0.15) is 28.4 Å². The summed E-state index contributed by atoms with van der Waals surface area (Å²) in [5, 5.41) is 4.03. The van der Waals surface area contributed by atoms with E-state index in [0.717, 1.165) is 5.56 Å². The fourth-order valence-corrected chi connectivity index (χ4v) is 1.96. The average Bonchev–Trinajstić information content (AvgIpc) is 2.53. The Morgan fingerprint density at radius 3 is 2.39 bits per heavy atom. The predicted octanol–water partition coefficient (Wildman–Crippen LogP) is 3.75. The highest BCUT2D eigenvalue weighted by Crippen LogP contribution is 2.15.